The van der Waals surface area contributed by atoms with Crippen molar-refractivity contribution in [2.24, 2.45) is 0 Å². The van der Waals surface area contributed by atoms with Crippen molar-refractivity contribution in [3.8, 4) is 11.5 Å². The Morgan fingerprint density at radius 2 is 1.46 bits per heavy atom. The number of hydrogen-bond donors (Lipinski definition) is 3. The van der Waals surface area contributed by atoms with Gasteiger partial charge in [-0.1, -0.05) is 12.2 Å². The van der Waals surface area contributed by atoms with Gasteiger partial charge in [-0.15, -0.1) is 36.7 Å². The summed E-state index contributed by atoms with van der Waals surface area (Å²) in [4.78, 5) is 14.0. The topological polar surface area (TPSA) is 69.6 Å². The minimum Gasteiger partial charge on any atom is -0.508 e. The lowest BCUT2D eigenvalue weighted by molar-refractivity contribution is -0.118. The normalized spacial score (nSPS) is 10.4. The molecule has 28 heavy (non-hydrogen) atoms. The van der Waals surface area contributed by atoms with Crippen LogP contribution in [-0.4, -0.2) is 34.2 Å². The summed E-state index contributed by atoms with van der Waals surface area (Å²) >= 11 is 3.07. The molecule has 0 saturated carbocycles. The second-order valence-electron chi connectivity index (χ2n) is 6.05. The first-order valence-corrected chi connectivity index (χ1v) is 10.9. The monoisotopic (exact) mass is 415 g/mol. The Bertz CT molecular complexity index is 837. The van der Waals surface area contributed by atoms with Crippen molar-refractivity contribution in [3.63, 3.8) is 0 Å². The minimum atomic E-state index is -0.0259. The standard InChI is InChI=1S/C22H25NO3S2/c1-3-5-16-13-18(7-9-20(16)24)27-12-11-23-22(26)15-28-19-8-10-21(25)17(14-19)6-4-2/h3-4,7-10,13-14,24-25H,1-2,5-6,11-12,15H2,(H,23,26). The van der Waals surface area contributed by atoms with Crippen molar-refractivity contribution < 1.29 is 15.0 Å². The molecule has 0 atom stereocenters. The van der Waals surface area contributed by atoms with Gasteiger partial charge in [0.2, 0.25) is 5.91 Å². The van der Waals surface area contributed by atoms with Crippen LogP contribution < -0.4 is 5.32 Å². The van der Waals surface area contributed by atoms with Crippen LogP contribution in [0.1, 0.15) is 11.1 Å². The van der Waals surface area contributed by atoms with Gasteiger partial charge in [-0.2, -0.15) is 0 Å². The molecule has 3 N–H and O–H groups in total. The van der Waals surface area contributed by atoms with Crippen LogP contribution in [0.15, 0.2) is 71.5 Å². The molecule has 2 aromatic carbocycles. The molecule has 0 aliphatic carbocycles. The number of allylic oxidation sites excluding steroid dienone is 2. The minimum absolute atomic E-state index is 0.0259. The zero-order valence-corrected chi connectivity index (χ0v) is 17.3. The average Bonchev–Trinajstić information content (AvgIpc) is 2.68. The number of carbonyl (C=O) groups excluding carboxylic acids is 1. The zero-order valence-electron chi connectivity index (χ0n) is 15.7. The van der Waals surface area contributed by atoms with Crippen molar-refractivity contribution in [2.45, 2.75) is 22.6 Å². The van der Waals surface area contributed by atoms with E-state index >= 15 is 0 Å². The van der Waals surface area contributed by atoms with E-state index in [0.717, 1.165) is 26.7 Å². The third-order valence-corrected chi connectivity index (χ3v) is 5.88. The van der Waals surface area contributed by atoms with E-state index in [1.54, 1.807) is 42.1 Å². The van der Waals surface area contributed by atoms with Gasteiger partial charge in [0.1, 0.15) is 11.5 Å². The molecule has 0 aliphatic heterocycles. The second kappa shape index (κ2) is 11.5. The number of benzene rings is 2. The van der Waals surface area contributed by atoms with Crippen LogP contribution in [0.5, 0.6) is 11.5 Å². The molecule has 2 aromatic rings. The van der Waals surface area contributed by atoms with Crippen LogP contribution in [0.2, 0.25) is 0 Å². The van der Waals surface area contributed by atoms with E-state index in [0.29, 0.717) is 25.1 Å². The molecular weight excluding hydrogens is 390 g/mol. The van der Waals surface area contributed by atoms with E-state index in [2.05, 4.69) is 18.5 Å². The third kappa shape index (κ3) is 7.02. The largest absolute Gasteiger partial charge is 0.508 e. The zero-order chi connectivity index (χ0) is 20.4. The fourth-order valence-electron chi connectivity index (χ4n) is 2.50. The lowest BCUT2D eigenvalue weighted by Crippen LogP contribution is -2.27. The van der Waals surface area contributed by atoms with E-state index in [9.17, 15) is 15.0 Å². The number of thioether (sulfide) groups is 2. The molecule has 148 valence electrons. The average molecular weight is 416 g/mol. The highest BCUT2D eigenvalue weighted by atomic mass is 32.2. The predicted molar refractivity (Wildman–Crippen MR) is 118 cm³/mol. The Hall–Kier alpha value is -2.31. The van der Waals surface area contributed by atoms with Crippen molar-refractivity contribution >= 4 is 29.4 Å². The fourth-order valence-corrected chi connectivity index (χ4v) is 4.12. The Morgan fingerprint density at radius 1 is 0.929 bits per heavy atom. The van der Waals surface area contributed by atoms with Crippen LogP contribution >= 0.6 is 23.5 Å². The van der Waals surface area contributed by atoms with Crippen molar-refractivity contribution in [3.05, 3.63) is 72.8 Å². The third-order valence-electron chi connectivity index (χ3n) is 3.89. The molecule has 0 bridgehead atoms. The Morgan fingerprint density at radius 3 is 2.00 bits per heavy atom. The maximum Gasteiger partial charge on any atom is 0.230 e. The van der Waals surface area contributed by atoms with Gasteiger partial charge in [0.25, 0.3) is 0 Å². The predicted octanol–water partition coefficient (Wildman–Crippen LogP) is 4.56. The first-order chi connectivity index (χ1) is 13.5. The maximum absolute atomic E-state index is 12.0. The lowest BCUT2D eigenvalue weighted by Gasteiger charge is -2.08. The van der Waals surface area contributed by atoms with Gasteiger partial charge >= 0.3 is 0 Å². The summed E-state index contributed by atoms with van der Waals surface area (Å²) < 4.78 is 0. The molecule has 0 saturated heterocycles. The van der Waals surface area contributed by atoms with Gasteiger partial charge in [-0.25, -0.2) is 0 Å². The van der Waals surface area contributed by atoms with Crippen LogP contribution in [0, 0.1) is 0 Å². The SMILES string of the molecule is C=CCc1cc(SCCNC(=O)CSc2ccc(O)c(CC=C)c2)ccc1O. The lowest BCUT2D eigenvalue weighted by atomic mass is 10.1. The molecular formula is C22H25NO3S2. The number of nitrogens with one attached hydrogen (secondary N) is 1. The molecule has 0 heterocycles. The van der Waals surface area contributed by atoms with Gasteiger partial charge in [-0.05, 0) is 60.4 Å². The van der Waals surface area contributed by atoms with Crippen LogP contribution in [0.3, 0.4) is 0 Å². The number of carbonyl (C=O) groups is 1. The second-order valence-corrected chi connectivity index (χ2v) is 8.27. The highest BCUT2D eigenvalue weighted by Gasteiger charge is 2.06. The van der Waals surface area contributed by atoms with Crippen LogP contribution in [0.4, 0.5) is 0 Å². The van der Waals surface area contributed by atoms with Crippen molar-refractivity contribution in [1.29, 1.82) is 0 Å². The summed E-state index contributed by atoms with van der Waals surface area (Å²) in [6.45, 7) is 7.95. The summed E-state index contributed by atoms with van der Waals surface area (Å²) in [6, 6.07) is 10.8. The van der Waals surface area contributed by atoms with Gasteiger partial charge < -0.3 is 15.5 Å². The molecule has 4 nitrogen and oxygen atoms in total. The van der Waals surface area contributed by atoms with Crippen LogP contribution in [-0.2, 0) is 17.6 Å². The van der Waals surface area contributed by atoms with E-state index in [1.807, 2.05) is 18.2 Å². The molecule has 0 spiro atoms. The number of rotatable bonds is 11. The van der Waals surface area contributed by atoms with E-state index in [4.69, 9.17) is 0 Å². The molecule has 0 fully saturated rings. The summed E-state index contributed by atoms with van der Waals surface area (Å²) in [5.74, 6) is 1.57. The summed E-state index contributed by atoms with van der Waals surface area (Å²) in [6.07, 6.45) is 4.72. The van der Waals surface area contributed by atoms with Gasteiger partial charge in [-0.3, -0.25) is 4.79 Å². The highest BCUT2D eigenvalue weighted by molar-refractivity contribution is 8.00. The van der Waals surface area contributed by atoms with Gasteiger partial charge in [0.15, 0.2) is 0 Å². The molecule has 6 heteroatoms. The molecule has 2 rings (SSSR count). The number of phenolic OH excluding ortho intramolecular Hbond substituents is 2. The number of hydrogen-bond acceptors (Lipinski definition) is 5. The maximum atomic E-state index is 12.0. The van der Waals surface area contributed by atoms with Crippen molar-refractivity contribution in [2.75, 3.05) is 18.1 Å². The van der Waals surface area contributed by atoms with Crippen molar-refractivity contribution in [1.82, 2.24) is 5.32 Å². The Kier molecular flexibility index (Phi) is 9.04. The fraction of sp³-hybridized carbons (Fsp3) is 0.227. The molecule has 0 aliphatic rings. The quantitative estimate of drug-likeness (QED) is 0.285. The first kappa shape index (κ1) is 22.0. The number of amides is 1. The molecule has 0 aromatic heterocycles. The van der Waals surface area contributed by atoms with Gasteiger partial charge in [0, 0.05) is 22.1 Å². The van der Waals surface area contributed by atoms with E-state index in [-0.39, 0.29) is 17.4 Å². The number of aromatic hydroxyl groups is 2. The first-order valence-electron chi connectivity index (χ1n) is 8.91. The summed E-state index contributed by atoms with van der Waals surface area (Å²) in [7, 11) is 0. The van der Waals surface area contributed by atoms with Gasteiger partial charge in [0.05, 0.1) is 5.75 Å². The highest BCUT2D eigenvalue weighted by Crippen LogP contribution is 2.27. The molecule has 1 amide bonds. The van der Waals surface area contributed by atoms with E-state index < -0.39 is 0 Å². The number of phenols is 2. The molecule has 0 unspecified atom stereocenters. The summed E-state index contributed by atoms with van der Waals surface area (Å²) in [5.41, 5.74) is 1.66. The Labute approximate surface area is 174 Å². The summed E-state index contributed by atoms with van der Waals surface area (Å²) in [5, 5.41) is 22.5. The Balaban J connectivity index is 1.73. The smallest absolute Gasteiger partial charge is 0.230 e. The van der Waals surface area contributed by atoms with E-state index in [1.165, 1.54) is 11.8 Å². The van der Waals surface area contributed by atoms with Crippen LogP contribution in [0.25, 0.3) is 0 Å². The molecule has 0 radical (unpaired) electrons.